The standard InChI is InChI=1S/C25H31N5O4/c1-25(2,3)21-15-22(30(28-21)17-11-13-18(33-5)14-12-17)27-23(31)16-29(4)24(32)26-19-9-7-8-10-20(19)34-6/h7-15H,16H2,1-6H3,(H,26,32)(H,27,31). The van der Waals surface area contributed by atoms with Crippen molar-refractivity contribution in [2.75, 3.05) is 38.4 Å². The van der Waals surface area contributed by atoms with Gasteiger partial charge in [-0.15, -0.1) is 0 Å². The number of hydrogen-bond donors (Lipinski definition) is 2. The highest BCUT2D eigenvalue weighted by Crippen LogP contribution is 2.27. The molecule has 0 fully saturated rings. The molecule has 1 heterocycles. The van der Waals surface area contributed by atoms with Gasteiger partial charge in [-0.1, -0.05) is 32.9 Å². The van der Waals surface area contributed by atoms with Crippen LogP contribution in [0.15, 0.2) is 54.6 Å². The number of hydrogen-bond acceptors (Lipinski definition) is 5. The minimum atomic E-state index is -0.432. The molecule has 3 aromatic rings. The molecule has 0 radical (unpaired) electrons. The second kappa shape index (κ2) is 10.3. The number of likely N-dealkylation sites (N-methyl/N-ethyl adjacent to an activating group) is 1. The number of aromatic nitrogens is 2. The summed E-state index contributed by atoms with van der Waals surface area (Å²) < 4.78 is 12.2. The molecule has 0 bridgehead atoms. The van der Waals surface area contributed by atoms with E-state index in [0.29, 0.717) is 17.3 Å². The molecule has 9 heteroatoms. The minimum Gasteiger partial charge on any atom is -0.497 e. The number of rotatable bonds is 7. The lowest BCUT2D eigenvalue weighted by Gasteiger charge is -2.18. The van der Waals surface area contributed by atoms with Crippen LogP contribution in [0.25, 0.3) is 5.69 Å². The van der Waals surface area contributed by atoms with Crippen LogP contribution in [0.4, 0.5) is 16.3 Å². The summed E-state index contributed by atoms with van der Waals surface area (Å²) in [6.07, 6.45) is 0. The van der Waals surface area contributed by atoms with Crippen LogP contribution < -0.4 is 20.1 Å². The maximum atomic E-state index is 12.8. The summed E-state index contributed by atoms with van der Waals surface area (Å²) in [4.78, 5) is 26.7. The van der Waals surface area contributed by atoms with Crippen LogP contribution in [0.1, 0.15) is 26.5 Å². The van der Waals surface area contributed by atoms with E-state index in [-0.39, 0.29) is 17.9 Å². The molecule has 0 aliphatic rings. The first kappa shape index (κ1) is 24.6. The molecule has 3 rings (SSSR count). The maximum absolute atomic E-state index is 12.8. The van der Waals surface area contributed by atoms with Crippen LogP contribution in [-0.2, 0) is 10.2 Å². The van der Waals surface area contributed by atoms with Crippen molar-refractivity contribution in [2.45, 2.75) is 26.2 Å². The number of amides is 3. The van der Waals surface area contributed by atoms with Crippen LogP contribution in [0.2, 0.25) is 0 Å². The number of benzene rings is 2. The molecule has 34 heavy (non-hydrogen) atoms. The monoisotopic (exact) mass is 465 g/mol. The maximum Gasteiger partial charge on any atom is 0.322 e. The molecule has 0 atom stereocenters. The quantitative estimate of drug-likeness (QED) is 0.543. The predicted octanol–water partition coefficient (Wildman–Crippen LogP) is 4.29. The SMILES string of the molecule is COc1ccc(-n2nc(C(C)(C)C)cc2NC(=O)CN(C)C(=O)Nc2ccccc2OC)cc1. The van der Waals surface area contributed by atoms with Gasteiger partial charge in [0.1, 0.15) is 23.9 Å². The van der Waals surface area contributed by atoms with Crippen molar-refractivity contribution in [3.63, 3.8) is 0 Å². The Bertz CT molecular complexity index is 1150. The summed E-state index contributed by atoms with van der Waals surface area (Å²) in [5.74, 6) is 1.42. The number of nitrogens with zero attached hydrogens (tertiary/aromatic N) is 3. The number of anilines is 2. The van der Waals surface area contributed by atoms with E-state index < -0.39 is 6.03 Å². The molecule has 0 aliphatic carbocycles. The Morgan fingerprint density at radius 1 is 1.00 bits per heavy atom. The van der Waals surface area contributed by atoms with E-state index in [2.05, 4.69) is 31.4 Å². The number of methoxy groups -OCH3 is 2. The van der Waals surface area contributed by atoms with Crippen LogP contribution >= 0.6 is 0 Å². The predicted molar refractivity (Wildman–Crippen MR) is 132 cm³/mol. The summed E-state index contributed by atoms with van der Waals surface area (Å²) in [5.41, 5.74) is 1.90. The van der Waals surface area contributed by atoms with Gasteiger partial charge in [0.2, 0.25) is 5.91 Å². The molecular formula is C25H31N5O4. The molecule has 0 unspecified atom stereocenters. The van der Waals surface area contributed by atoms with Crippen molar-refractivity contribution >= 4 is 23.4 Å². The molecule has 3 amide bonds. The average molecular weight is 466 g/mol. The summed E-state index contributed by atoms with van der Waals surface area (Å²) in [7, 11) is 4.68. The first-order valence-electron chi connectivity index (χ1n) is 10.8. The van der Waals surface area contributed by atoms with Gasteiger partial charge in [0.05, 0.1) is 31.3 Å². The van der Waals surface area contributed by atoms with Crippen LogP contribution in [0.5, 0.6) is 11.5 Å². The minimum absolute atomic E-state index is 0.153. The largest absolute Gasteiger partial charge is 0.497 e. The zero-order chi connectivity index (χ0) is 24.9. The summed E-state index contributed by atoms with van der Waals surface area (Å²) in [6, 6.07) is 15.9. The van der Waals surface area contributed by atoms with Gasteiger partial charge in [-0.25, -0.2) is 9.48 Å². The molecule has 1 aromatic heterocycles. The van der Waals surface area contributed by atoms with Crippen molar-refractivity contribution in [3.05, 3.63) is 60.3 Å². The third-order valence-corrected chi connectivity index (χ3v) is 5.14. The van der Waals surface area contributed by atoms with Crippen molar-refractivity contribution in [1.82, 2.24) is 14.7 Å². The van der Waals surface area contributed by atoms with Crippen molar-refractivity contribution < 1.29 is 19.1 Å². The molecule has 0 aliphatic heterocycles. The van der Waals surface area contributed by atoms with E-state index in [4.69, 9.17) is 14.6 Å². The lowest BCUT2D eigenvalue weighted by Crippen LogP contribution is -2.38. The summed E-state index contributed by atoms with van der Waals surface area (Å²) in [5, 5.41) is 10.3. The average Bonchev–Trinajstić information content (AvgIpc) is 3.23. The lowest BCUT2D eigenvalue weighted by molar-refractivity contribution is -0.116. The topological polar surface area (TPSA) is 97.7 Å². The Morgan fingerprint density at radius 2 is 1.68 bits per heavy atom. The number of para-hydroxylation sites is 2. The second-order valence-electron chi connectivity index (χ2n) is 8.81. The summed E-state index contributed by atoms with van der Waals surface area (Å²) >= 11 is 0. The number of urea groups is 1. The fourth-order valence-corrected chi connectivity index (χ4v) is 3.19. The number of nitrogens with one attached hydrogen (secondary N) is 2. The molecule has 0 spiro atoms. The van der Waals surface area contributed by atoms with Gasteiger partial charge in [0.15, 0.2) is 0 Å². The molecule has 180 valence electrons. The molecular weight excluding hydrogens is 434 g/mol. The van der Waals surface area contributed by atoms with Crippen LogP contribution in [0, 0.1) is 0 Å². The third kappa shape index (κ3) is 5.86. The van der Waals surface area contributed by atoms with Gasteiger partial charge in [-0.3, -0.25) is 4.79 Å². The van der Waals surface area contributed by atoms with Gasteiger partial charge < -0.3 is 25.0 Å². The van der Waals surface area contributed by atoms with E-state index in [1.54, 1.807) is 37.0 Å². The molecule has 0 saturated carbocycles. The van der Waals surface area contributed by atoms with Gasteiger partial charge >= 0.3 is 6.03 Å². The zero-order valence-electron chi connectivity index (χ0n) is 20.4. The van der Waals surface area contributed by atoms with E-state index in [1.807, 2.05) is 36.4 Å². The Morgan fingerprint density at radius 3 is 2.29 bits per heavy atom. The van der Waals surface area contributed by atoms with E-state index in [9.17, 15) is 9.59 Å². The van der Waals surface area contributed by atoms with E-state index in [0.717, 1.165) is 17.1 Å². The molecule has 9 nitrogen and oxygen atoms in total. The number of ether oxygens (including phenoxy) is 2. The Hall–Kier alpha value is -4.01. The Labute approximate surface area is 199 Å². The van der Waals surface area contributed by atoms with E-state index in [1.165, 1.54) is 12.0 Å². The molecule has 0 saturated heterocycles. The normalized spacial score (nSPS) is 11.0. The van der Waals surface area contributed by atoms with Crippen LogP contribution in [-0.4, -0.2) is 54.4 Å². The Balaban J connectivity index is 1.75. The fourth-order valence-electron chi connectivity index (χ4n) is 3.19. The summed E-state index contributed by atoms with van der Waals surface area (Å²) in [6.45, 7) is 6.00. The first-order chi connectivity index (χ1) is 16.1. The van der Waals surface area contributed by atoms with Crippen LogP contribution in [0.3, 0.4) is 0 Å². The molecule has 2 aromatic carbocycles. The van der Waals surface area contributed by atoms with Gasteiger partial charge in [-0.05, 0) is 36.4 Å². The lowest BCUT2D eigenvalue weighted by atomic mass is 9.92. The van der Waals surface area contributed by atoms with Gasteiger partial charge in [-0.2, -0.15) is 5.10 Å². The Kier molecular flexibility index (Phi) is 7.45. The van der Waals surface area contributed by atoms with Crippen molar-refractivity contribution in [1.29, 1.82) is 0 Å². The number of carbonyl (C=O) groups excluding carboxylic acids is 2. The van der Waals surface area contributed by atoms with Gasteiger partial charge in [0.25, 0.3) is 0 Å². The highest BCUT2D eigenvalue weighted by Gasteiger charge is 2.22. The second-order valence-corrected chi connectivity index (χ2v) is 8.81. The number of carbonyl (C=O) groups is 2. The fraction of sp³-hybridized carbons (Fsp3) is 0.320. The third-order valence-electron chi connectivity index (χ3n) is 5.14. The van der Waals surface area contributed by atoms with E-state index >= 15 is 0 Å². The van der Waals surface area contributed by atoms with Crippen molar-refractivity contribution in [3.8, 4) is 17.2 Å². The van der Waals surface area contributed by atoms with Crippen molar-refractivity contribution in [2.24, 2.45) is 0 Å². The smallest absolute Gasteiger partial charge is 0.322 e. The highest BCUT2D eigenvalue weighted by molar-refractivity contribution is 5.97. The highest BCUT2D eigenvalue weighted by atomic mass is 16.5. The molecule has 2 N–H and O–H groups in total. The zero-order valence-corrected chi connectivity index (χ0v) is 20.4. The van der Waals surface area contributed by atoms with Gasteiger partial charge in [0, 0.05) is 18.5 Å². The first-order valence-corrected chi connectivity index (χ1v) is 10.8.